The van der Waals surface area contributed by atoms with Gasteiger partial charge in [0.05, 0.1) is 30.1 Å². The molecule has 2 N–H and O–H groups in total. The zero-order chi connectivity index (χ0) is 13.9. The van der Waals surface area contributed by atoms with Gasteiger partial charge in [0, 0.05) is 6.42 Å². The minimum absolute atomic E-state index is 0.146. The summed E-state index contributed by atoms with van der Waals surface area (Å²) < 4.78 is 4.96. The third-order valence-electron chi connectivity index (χ3n) is 2.75. The van der Waals surface area contributed by atoms with Gasteiger partial charge in [0.15, 0.2) is 0 Å². The first kappa shape index (κ1) is 14.7. The molecule has 0 radical (unpaired) electrons. The number of carboxylic acid groups (broad SMARTS) is 1. The van der Waals surface area contributed by atoms with Crippen molar-refractivity contribution >= 4 is 23.4 Å². The largest absolute Gasteiger partial charge is 0.495 e. The summed E-state index contributed by atoms with van der Waals surface area (Å²) in [6.07, 6.45) is 2.34. The molecule has 0 aliphatic heterocycles. The maximum absolute atomic E-state index is 11.9. The Balaban J connectivity index is 2.87. The zero-order valence-electron chi connectivity index (χ0n) is 10.1. The van der Waals surface area contributed by atoms with Gasteiger partial charge in [-0.05, 0) is 19.1 Å². The predicted molar refractivity (Wildman–Crippen MR) is 65.0 cm³/mol. The summed E-state index contributed by atoms with van der Waals surface area (Å²) in [7, 11) is 1.41. The van der Waals surface area contributed by atoms with Crippen LogP contribution >= 0.6 is 11.6 Å². The van der Waals surface area contributed by atoms with Crippen molar-refractivity contribution < 1.29 is 24.5 Å². The molecule has 1 rings (SSSR count). The first-order chi connectivity index (χ1) is 8.27. The summed E-state index contributed by atoms with van der Waals surface area (Å²) in [5.41, 5.74) is -1.43. The van der Waals surface area contributed by atoms with Crippen LogP contribution in [0.25, 0.3) is 0 Å². The fourth-order valence-corrected chi connectivity index (χ4v) is 2.04. The number of halogens is 1. The van der Waals surface area contributed by atoms with Crippen LogP contribution < -0.4 is 0 Å². The Morgan fingerprint density at radius 2 is 2.11 bits per heavy atom. The van der Waals surface area contributed by atoms with Crippen LogP contribution in [-0.2, 0) is 14.3 Å². The fraction of sp³-hybridized carbons (Fsp3) is 0.500. The normalized spacial score (nSPS) is 27.2. The van der Waals surface area contributed by atoms with Gasteiger partial charge in [0.1, 0.15) is 11.5 Å². The molecule has 0 bridgehead atoms. The lowest BCUT2D eigenvalue weighted by molar-refractivity contribution is -0.139. The van der Waals surface area contributed by atoms with Crippen molar-refractivity contribution in [3.8, 4) is 0 Å². The molecule has 0 aromatic rings. The molecule has 0 saturated heterocycles. The molecule has 6 heteroatoms. The Morgan fingerprint density at radius 3 is 2.61 bits per heavy atom. The van der Waals surface area contributed by atoms with Gasteiger partial charge in [-0.25, -0.2) is 0 Å². The molecule has 0 aromatic carbocycles. The third-order valence-corrected chi connectivity index (χ3v) is 3.07. The van der Waals surface area contributed by atoms with Crippen LogP contribution in [-0.4, -0.2) is 34.7 Å². The summed E-state index contributed by atoms with van der Waals surface area (Å²) in [4.78, 5) is 22.3. The number of Topliss-reactive ketones (excluding diaryl/α,β-unsaturated/α-hetero) is 1. The molecule has 2 atom stereocenters. The van der Waals surface area contributed by atoms with Crippen LogP contribution in [0.5, 0.6) is 0 Å². The number of rotatable bonds is 5. The van der Waals surface area contributed by atoms with E-state index in [1.54, 1.807) is 0 Å². The van der Waals surface area contributed by atoms with Gasteiger partial charge in [-0.1, -0.05) is 11.6 Å². The van der Waals surface area contributed by atoms with Crippen molar-refractivity contribution in [3.05, 3.63) is 22.9 Å². The van der Waals surface area contributed by atoms with E-state index in [4.69, 9.17) is 21.4 Å². The Hall–Kier alpha value is -1.33. The Kier molecular flexibility index (Phi) is 4.53. The first-order valence-corrected chi connectivity index (χ1v) is 5.77. The Bertz CT molecular complexity index is 422. The molecule has 0 fully saturated rings. The Labute approximate surface area is 110 Å². The van der Waals surface area contributed by atoms with Gasteiger partial charge >= 0.3 is 5.97 Å². The molecule has 1 aliphatic rings. The maximum atomic E-state index is 11.9. The number of methoxy groups -OCH3 is 1. The third kappa shape index (κ3) is 3.34. The summed E-state index contributed by atoms with van der Waals surface area (Å²) in [6, 6.07) is 0. The molecular weight excluding hydrogens is 260 g/mol. The highest BCUT2D eigenvalue weighted by molar-refractivity contribution is 6.32. The van der Waals surface area contributed by atoms with Gasteiger partial charge in [0.25, 0.3) is 0 Å². The lowest BCUT2D eigenvalue weighted by Crippen LogP contribution is -2.39. The van der Waals surface area contributed by atoms with E-state index < -0.39 is 17.5 Å². The van der Waals surface area contributed by atoms with E-state index in [1.807, 2.05) is 0 Å². The first-order valence-electron chi connectivity index (χ1n) is 5.39. The average molecular weight is 275 g/mol. The van der Waals surface area contributed by atoms with Crippen LogP contribution in [0.3, 0.4) is 0 Å². The number of carboxylic acids is 1. The van der Waals surface area contributed by atoms with Crippen molar-refractivity contribution in [2.45, 2.75) is 25.4 Å². The summed E-state index contributed by atoms with van der Waals surface area (Å²) in [5, 5.41) is 18.9. The molecule has 2 unspecified atom stereocenters. The molecule has 18 heavy (non-hydrogen) atoms. The number of ether oxygens (including phenoxy) is 1. The van der Waals surface area contributed by atoms with Crippen molar-refractivity contribution in [2.75, 3.05) is 7.11 Å². The molecule has 0 heterocycles. The number of ketones is 1. The number of aliphatic carboxylic acids is 1. The second-order valence-electron chi connectivity index (χ2n) is 4.29. The lowest BCUT2D eigenvalue weighted by Gasteiger charge is -2.31. The van der Waals surface area contributed by atoms with Gasteiger partial charge in [0.2, 0.25) is 0 Å². The van der Waals surface area contributed by atoms with Crippen molar-refractivity contribution in [3.63, 3.8) is 0 Å². The SMILES string of the molecule is COC1=CC(C)(O)C(C(=O)CCC(=O)O)C=C1Cl. The fourth-order valence-electron chi connectivity index (χ4n) is 1.78. The molecule has 0 spiro atoms. The molecule has 0 amide bonds. The number of aliphatic hydroxyl groups is 1. The number of carbonyl (C=O) groups excluding carboxylic acids is 1. The standard InChI is InChI=1S/C12H15ClO5/c1-12(17)6-10(18-2)8(13)5-7(12)9(14)3-4-11(15)16/h5-7,17H,3-4H2,1-2H3,(H,15,16). The van der Waals surface area contributed by atoms with E-state index in [9.17, 15) is 14.7 Å². The summed E-state index contributed by atoms with van der Waals surface area (Å²) >= 11 is 5.90. The van der Waals surface area contributed by atoms with Crippen LogP contribution in [0.1, 0.15) is 19.8 Å². The minimum Gasteiger partial charge on any atom is -0.495 e. The number of allylic oxidation sites excluding steroid dienone is 1. The summed E-state index contributed by atoms with van der Waals surface area (Å²) in [6.45, 7) is 1.45. The second-order valence-corrected chi connectivity index (χ2v) is 4.70. The lowest BCUT2D eigenvalue weighted by atomic mass is 9.80. The molecular formula is C12H15ClO5. The van der Waals surface area contributed by atoms with E-state index in [1.165, 1.54) is 26.2 Å². The maximum Gasteiger partial charge on any atom is 0.303 e. The van der Waals surface area contributed by atoms with Crippen LogP contribution in [0.2, 0.25) is 0 Å². The highest BCUT2D eigenvalue weighted by atomic mass is 35.5. The predicted octanol–water partition coefficient (Wildman–Crippen LogP) is 1.45. The van der Waals surface area contributed by atoms with Crippen molar-refractivity contribution in [1.29, 1.82) is 0 Å². The van der Waals surface area contributed by atoms with Crippen molar-refractivity contribution in [1.82, 2.24) is 0 Å². The smallest absolute Gasteiger partial charge is 0.303 e. The van der Waals surface area contributed by atoms with E-state index in [2.05, 4.69) is 0 Å². The topological polar surface area (TPSA) is 83.8 Å². The van der Waals surface area contributed by atoms with E-state index in [0.29, 0.717) is 5.76 Å². The van der Waals surface area contributed by atoms with Crippen LogP contribution in [0.4, 0.5) is 0 Å². The van der Waals surface area contributed by atoms with E-state index >= 15 is 0 Å². The van der Waals surface area contributed by atoms with Gasteiger partial charge in [-0.3, -0.25) is 9.59 Å². The summed E-state index contributed by atoms with van der Waals surface area (Å²) in [5.74, 6) is -1.99. The van der Waals surface area contributed by atoms with E-state index in [-0.39, 0.29) is 23.7 Å². The number of carbonyl (C=O) groups is 2. The van der Waals surface area contributed by atoms with Gasteiger partial charge in [-0.2, -0.15) is 0 Å². The molecule has 100 valence electrons. The van der Waals surface area contributed by atoms with Crippen molar-refractivity contribution in [2.24, 2.45) is 5.92 Å². The average Bonchev–Trinajstić information content (AvgIpc) is 2.28. The van der Waals surface area contributed by atoms with E-state index in [0.717, 1.165) is 0 Å². The number of hydrogen-bond donors (Lipinski definition) is 2. The Morgan fingerprint density at radius 1 is 1.50 bits per heavy atom. The van der Waals surface area contributed by atoms with Crippen LogP contribution in [0, 0.1) is 5.92 Å². The monoisotopic (exact) mass is 274 g/mol. The molecule has 0 aromatic heterocycles. The quantitative estimate of drug-likeness (QED) is 0.793. The molecule has 0 saturated carbocycles. The van der Waals surface area contributed by atoms with Crippen LogP contribution in [0.15, 0.2) is 22.9 Å². The second kappa shape index (κ2) is 5.54. The zero-order valence-corrected chi connectivity index (χ0v) is 10.9. The number of hydrogen-bond acceptors (Lipinski definition) is 4. The van der Waals surface area contributed by atoms with Gasteiger partial charge in [-0.15, -0.1) is 0 Å². The highest BCUT2D eigenvalue weighted by Crippen LogP contribution is 2.34. The highest BCUT2D eigenvalue weighted by Gasteiger charge is 2.38. The molecule has 1 aliphatic carbocycles. The minimum atomic E-state index is -1.43. The van der Waals surface area contributed by atoms with Gasteiger partial charge < -0.3 is 14.9 Å². The molecule has 5 nitrogen and oxygen atoms in total.